The van der Waals surface area contributed by atoms with Crippen LogP contribution in [0.3, 0.4) is 0 Å². The number of aromatic amines is 2. The number of hydrogen-bond donors (Lipinski definition) is 5. The van der Waals surface area contributed by atoms with Gasteiger partial charge >= 0.3 is 0 Å². The van der Waals surface area contributed by atoms with Crippen LogP contribution in [-0.2, 0) is 6.42 Å². The molecule has 0 fully saturated rings. The summed E-state index contributed by atoms with van der Waals surface area (Å²) in [7, 11) is 0. The molecule has 1 unspecified atom stereocenters. The van der Waals surface area contributed by atoms with Gasteiger partial charge in [-0.05, 0) is 41.1 Å². The van der Waals surface area contributed by atoms with E-state index in [1.165, 1.54) is 0 Å². The fourth-order valence-electron chi connectivity index (χ4n) is 3.99. The molecule has 34 heavy (non-hydrogen) atoms. The third-order valence-electron chi connectivity index (χ3n) is 5.84. The second-order valence-electron chi connectivity index (χ2n) is 8.17. The van der Waals surface area contributed by atoms with Gasteiger partial charge in [0.1, 0.15) is 11.7 Å². The first-order chi connectivity index (χ1) is 16.6. The number of hydrogen-bond acceptors (Lipinski definition) is 3. The molecule has 6 N–H and O–H groups in total. The van der Waals surface area contributed by atoms with Gasteiger partial charge in [-0.3, -0.25) is 10.2 Å². The number of nitrogen functional groups attached to an aromatic ring is 1. The van der Waals surface area contributed by atoms with Crippen LogP contribution in [-0.4, -0.2) is 26.7 Å². The standard InChI is InChI=1S/C27H24N6O/c28-25(29)20-9-6-18(7-10-20)24-16-31-26(32-24)23(14-17-4-2-1-3-5-17)33-27(34)21-11-8-19-12-13-30-22(19)15-21/h1-13,15-16,23,30H,14H2,(H3,28,29)(H,31,32)(H,33,34). The molecule has 0 radical (unpaired) electrons. The maximum Gasteiger partial charge on any atom is 0.251 e. The SMILES string of the molecule is N=C(N)c1ccc(-c2cnc(C(Cc3ccccc3)NC(=O)c3ccc4cc[nH]c4c3)[nH]2)cc1. The highest BCUT2D eigenvalue weighted by molar-refractivity contribution is 5.98. The molecule has 2 aromatic heterocycles. The predicted molar refractivity (Wildman–Crippen MR) is 134 cm³/mol. The molecular weight excluding hydrogens is 424 g/mol. The van der Waals surface area contributed by atoms with Crippen LogP contribution in [0.25, 0.3) is 22.2 Å². The lowest BCUT2D eigenvalue weighted by Crippen LogP contribution is -2.30. The molecule has 5 aromatic rings. The monoisotopic (exact) mass is 448 g/mol. The molecule has 0 aliphatic carbocycles. The highest BCUT2D eigenvalue weighted by Crippen LogP contribution is 2.23. The van der Waals surface area contributed by atoms with Gasteiger partial charge in [-0.25, -0.2) is 4.98 Å². The molecule has 0 spiro atoms. The van der Waals surface area contributed by atoms with Crippen molar-refractivity contribution in [2.45, 2.75) is 12.5 Å². The van der Waals surface area contributed by atoms with Gasteiger partial charge in [0.15, 0.2) is 0 Å². The molecule has 0 aliphatic heterocycles. The van der Waals surface area contributed by atoms with E-state index in [4.69, 9.17) is 11.1 Å². The smallest absolute Gasteiger partial charge is 0.251 e. The lowest BCUT2D eigenvalue weighted by molar-refractivity contribution is 0.0935. The van der Waals surface area contributed by atoms with Crippen LogP contribution in [0, 0.1) is 5.41 Å². The van der Waals surface area contributed by atoms with E-state index in [1.54, 1.807) is 18.3 Å². The highest BCUT2D eigenvalue weighted by atomic mass is 16.1. The van der Waals surface area contributed by atoms with Gasteiger partial charge in [0.25, 0.3) is 5.91 Å². The Morgan fingerprint density at radius 3 is 2.53 bits per heavy atom. The summed E-state index contributed by atoms with van der Waals surface area (Å²) < 4.78 is 0. The molecular formula is C27H24N6O. The first-order valence-electron chi connectivity index (χ1n) is 11.0. The van der Waals surface area contributed by atoms with Crippen molar-refractivity contribution < 1.29 is 4.79 Å². The average molecular weight is 449 g/mol. The third kappa shape index (κ3) is 4.45. The van der Waals surface area contributed by atoms with Crippen molar-refractivity contribution in [1.29, 1.82) is 5.41 Å². The van der Waals surface area contributed by atoms with Gasteiger partial charge in [-0.15, -0.1) is 0 Å². The maximum absolute atomic E-state index is 13.2. The minimum atomic E-state index is -0.348. The summed E-state index contributed by atoms with van der Waals surface area (Å²) in [4.78, 5) is 24.3. The van der Waals surface area contributed by atoms with Crippen LogP contribution >= 0.6 is 0 Å². The largest absolute Gasteiger partial charge is 0.384 e. The molecule has 1 atom stereocenters. The summed E-state index contributed by atoms with van der Waals surface area (Å²) in [6, 6.07) is 24.6. The zero-order valence-electron chi connectivity index (χ0n) is 18.4. The Morgan fingerprint density at radius 1 is 1.00 bits per heavy atom. The number of aromatic nitrogens is 3. The summed E-state index contributed by atoms with van der Waals surface area (Å²) >= 11 is 0. The number of nitrogens with one attached hydrogen (secondary N) is 4. The summed E-state index contributed by atoms with van der Waals surface area (Å²) in [6.07, 6.45) is 4.21. The van der Waals surface area contributed by atoms with Crippen LogP contribution in [0.2, 0.25) is 0 Å². The van der Waals surface area contributed by atoms with E-state index >= 15 is 0 Å². The quantitative estimate of drug-likeness (QED) is 0.185. The summed E-state index contributed by atoms with van der Waals surface area (Å²) in [6.45, 7) is 0. The van der Waals surface area contributed by atoms with Crippen LogP contribution in [0.15, 0.2) is 91.3 Å². The second kappa shape index (κ2) is 9.07. The van der Waals surface area contributed by atoms with Gasteiger partial charge < -0.3 is 21.0 Å². The minimum absolute atomic E-state index is 0.0278. The Hall–Kier alpha value is -4.65. The Labute approximate surface area is 196 Å². The Bertz CT molecular complexity index is 1450. The minimum Gasteiger partial charge on any atom is -0.384 e. The van der Waals surface area contributed by atoms with Crippen molar-refractivity contribution in [2.75, 3.05) is 0 Å². The molecule has 0 saturated heterocycles. The van der Waals surface area contributed by atoms with Crippen LogP contribution < -0.4 is 11.1 Å². The molecule has 0 aliphatic rings. The normalized spacial score (nSPS) is 11.9. The van der Waals surface area contributed by atoms with Crippen LogP contribution in [0.5, 0.6) is 0 Å². The number of H-pyrrole nitrogens is 2. The Balaban J connectivity index is 1.42. The number of rotatable bonds is 7. The second-order valence-corrected chi connectivity index (χ2v) is 8.17. The zero-order chi connectivity index (χ0) is 23.5. The van der Waals surface area contributed by atoms with Crippen molar-refractivity contribution in [3.05, 3.63) is 114 Å². The van der Waals surface area contributed by atoms with Crippen molar-refractivity contribution >= 4 is 22.6 Å². The Morgan fingerprint density at radius 2 is 1.76 bits per heavy atom. The third-order valence-corrected chi connectivity index (χ3v) is 5.84. The van der Waals surface area contributed by atoms with Crippen molar-refractivity contribution in [3.63, 3.8) is 0 Å². The summed E-state index contributed by atoms with van der Waals surface area (Å²) in [5.41, 5.74) is 10.6. The van der Waals surface area contributed by atoms with Gasteiger partial charge in [-0.2, -0.15) is 0 Å². The Kier molecular flexibility index (Phi) is 5.66. The number of carbonyl (C=O) groups excluding carboxylic acids is 1. The number of benzene rings is 3. The summed E-state index contributed by atoms with van der Waals surface area (Å²) in [5.74, 6) is 0.532. The van der Waals surface area contributed by atoms with Gasteiger partial charge in [-0.1, -0.05) is 60.7 Å². The van der Waals surface area contributed by atoms with Crippen molar-refractivity contribution in [3.8, 4) is 11.3 Å². The average Bonchev–Trinajstić information content (AvgIpc) is 3.54. The molecule has 7 heteroatoms. The summed E-state index contributed by atoms with van der Waals surface area (Å²) in [5, 5.41) is 11.8. The number of amidine groups is 1. The maximum atomic E-state index is 13.2. The first kappa shape index (κ1) is 21.2. The lowest BCUT2D eigenvalue weighted by atomic mass is 10.0. The molecule has 3 aromatic carbocycles. The molecule has 0 saturated carbocycles. The van der Waals surface area contributed by atoms with E-state index in [0.29, 0.717) is 23.4 Å². The van der Waals surface area contributed by atoms with E-state index < -0.39 is 0 Å². The van der Waals surface area contributed by atoms with E-state index in [1.807, 2.05) is 72.9 Å². The molecule has 2 heterocycles. The van der Waals surface area contributed by atoms with Crippen LogP contribution in [0.1, 0.15) is 33.4 Å². The van der Waals surface area contributed by atoms with E-state index in [0.717, 1.165) is 27.7 Å². The van der Waals surface area contributed by atoms with Crippen LogP contribution in [0.4, 0.5) is 0 Å². The molecule has 7 nitrogen and oxygen atoms in total. The molecule has 1 amide bonds. The molecule has 5 rings (SSSR count). The van der Waals surface area contributed by atoms with E-state index in [2.05, 4.69) is 20.3 Å². The number of amides is 1. The van der Waals surface area contributed by atoms with Gasteiger partial charge in [0.2, 0.25) is 0 Å². The van der Waals surface area contributed by atoms with E-state index in [9.17, 15) is 4.79 Å². The number of nitrogens with two attached hydrogens (primary N) is 1. The van der Waals surface area contributed by atoms with Crippen molar-refractivity contribution in [2.24, 2.45) is 5.73 Å². The zero-order valence-corrected chi connectivity index (χ0v) is 18.4. The molecule has 0 bridgehead atoms. The van der Waals surface area contributed by atoms with Gasteiger partial charge in [0, 0.05) is 22.8 Å². The topological polar surface area (TPSA) is 123 Å². The first-order valence-corrected chi connectivity index (χ1v) is 11.0. The molecule has 168 valence electrons. The lowest BCUT2D eigenvalue weighted by Gasteiger charge is -2.17. The van der Waals surface area contributed by atoms with E-state index in [-0.39, 0.29) is 17.8 Å². The fraction of sp³-hybridized carbons (Fsp3) is 0.0741. The number of fused-ring (bicyclic) bond motifs is 1. The fourth-order valence-corrected chi connectivity index (χ4v) is 3.99. The highest BCUT2D eigenvalue weighted by Gasteiger charge is 2.20. The number of nitrogens with zero attached hydrogens (tertiary/aromatic N) is 1. The predicted octanol–water partition coefficient (Wildman–Crippen LogP) is 4.56. The number of carbonyl (C=O) groups is 1. The van der Waals surface area contributed by atoms with Gasteiger partial charge in [0.05, 0.1) is 17.9 Å². The van der Waals surface area contributed by atoms with Crippen molar-refractivity contribution in [1.82, 2.24) is 20.3 Å². The number of imidazole rings is 1.